The Morgan fingerprint density at radius 3 is 2.71 bits per heavy atom. The lowest BCUT2D eigenvalue weighted by Gasteiger charge is -2.30. The second kappa shape index (κ2) is 8.62. The number of aliphatic hydroxyl groups is 1. The number of fused-ring (bicyclic) bond motifs is 3. The van der Waals surface area contributed by atoms with E-state index >= 15 is 0 Å². The summed E-state index contributed by atoms with van der Waals surface area (Å²) in [5.74, 6) is 1.63. The van der Waals surface area contributed by atoms with Crippen molar-refractivity contribution < 1.29 is 14.9 Å². The van der Waals surface area contributed by atoms with Gasteiger partial charge in [-0.15, -0.1) is 0 Å². The first-order valence-corrected chi connectivity index (χ1v) is 10.4. The number of para-hydroxylation sites is 1. The molecular weight excluding hydrogens is 392 g/mol. The SMILES string of the molecule is CCOc1ccc(NCC(O)CN2C3=C(C#N)C(C)=CCN3c3cccc(O)c32)cc1. The molecule has 0 amide bonds. The van der Waals surface area contributed by atoms with Gasteiger partial charge in [0.05, 0.1) is 30.5 Å². The molecule has 3 N–H and O–H groups in total. The molecule has 7 nitrogen and oxygen atoms in total. The fraction of sp³-hybridized carbons (Fsp3) is 0.292. The quantitative estimate of drug-likeness (QED) is 0.633. The van der Waals surface area contributed by atoms with Gasteiger partial charge in [-0.2, -0.15) is 5.26 Å². The minimum absolute atomic E-state index is 0.126. The molecule has 0 aliphatic carbocycles. The van der Waals surface area contributed by atoms with Crippen LogP contribution < -0.4 is 19.9 Å². The predicted octanol–water partition coefficient (Wildman–Crippen LogP) is 3.59. The number of ether oxygens (including phenoxy) is 1. The van der Waals surface area contributed by atoms with Gasteiger partial charge in [0.1, 0.15) is 29.1 Å². The second-order valence-electron chi connectivity index (χ2n) is 7.56. The Hall–Kier alpha value is -3.63. The van der Waals surface area contributed by atoms with Crippen LogP contribution in [0.15, 0.2) is 65.5 Å². The molecule has 0 aromatic heterocycles. The lowest BCUT2D eigenvalue weighted by Crippen LogP contribution is -2.39. The molecule has 0 spiro atoms. The molecule has 0 bridgehead atoms. The molecule has 2 aromatic rings. The van der Waals surface area contributed by atoms with Gasteiger partial charge < -0.3 is 30.1 Å². The topological polar surface area (TPSA) is 92.0 Å². The summed E-state index contributed by atoms with van der Waals surface area (Å²) in [6.07, 6.45) is 1.26. The molecule has 0 saturated carbocycles. The molecule has 0 saturated heterocycles. The Labute approximate surface area is 182 Å². The van der Waals surface area contributed by atoms with Gasteiger partial charge in [0.25, 0.3) is 0 Å². The zero-order valence-corrected chi connectivity index (χ0v) is 17.7. The molecule has 0 fully saturated rings. The molecule has 1 atom stereocenters. The maximum atomic E-state index is 10.8. The van der Waals surface area contributed by atoms with E-state index in [1.54, 1.807) is 12.1 Å². The van der Waals surface area contributed by atoms with E-state index < -0.39 is 6.10 Å². The van der Waals surface area contributed by atoms with Crippen molar-refractivity contribution in [1.29, 1.82) is 5.26 Å². The number of allylic oxidation sites excluding steroid dienone is 2. The number of nitrogens with one attached hydrogen (secondary N) is 1. The number of phenols is 1. The summed E-state index contributed by atoms with van der Waals surface area (Å²) in [6, 6.07) is 15.2. The number of phenolic OH excluding ortho intramolecular Hbond substituents is 1. The third-order valence-electron chi connectivity index (χ3n) is 5.48. The number of hydrogen-bond acceptors (Lipinski definition) is 7. The van der Waals surface area contributed by atoms with Crippen LogP contribution in [0.3, 0.4) is 0 Å². The minimum atomic E-state index is -0.738. The Bertz CT molecular complexity index is 1070. The van der Waals surface area contributed by atoms with Crippen molar-refractivity contribution in [2.24, 2.45) is 0 Å². The highest BCUT2D eigenvalue weighted by Gasteiger charge is 2.38. The number of nitrogens with zero attached hydrogens (tertiary/aromatic N) is 3. The number of rotatable bonds is 7. The molecule has 31 heavy (non-hydrogen) atoms. The summed E-state index contributed by atoms with van der Waals surface area (Å²) in [7, 11) is 0. The number of aromatic hydroxyl groups is 1. The highest BCUT2D eigenvalue weighted by molar-refractivity contribution is 5.89. The van der Waals surface area contributed by atoms with Crippen molar-refractivity contribution in [1.82, 2.24) is 0 Å². The number of nitriles is 1. The van der Waals surface area contributed by atoms with Crippen LogP contribution in [0.5, 0.6) is 11.5 Å². The fourth-order valence-electron chi connectivity index (χ4n) is 4.00. The Morgan fingerprint density at radius 1 is 1.23 bits per heavy atom. The zero-order valence-electron chi connectivity index (χ0n) is 17.7. The third kappa shape index (κ3) is 3.90. The maximum absolute atomic E-state index is 10.8. The van der Waals surface area contributed by atoms with Crippen molar-refractivity contribution in [2.45, 2.75) is 20.0 Å². The average molecular weight is 418 g/mol. The van der Waals surface area contributed by atoms with E-state index in [9.17, 15) is 15.5 Å². The first-order chi connectivity index (χ1) is 15.0. The smallest absolute Gasteiger partial charge is 0.141 e. The van der Waals surface area contributed by atoms with Crippen molar-refractivity contribution in [2.75, 3.05) is 41.4 Å². The van der Waals surface area contributed by atoms with Crippen molar-refractivity contribution in [3.05, 3.63) is 65.5 Å². The summed E-state index contributed by atoms with van der Waals surface area (Å²) >= 11 is 0. The Kier molecular flexibility index (Phi) is 5.74. The van der Waals surface area contributed by atoms with Gasteiger partial charge >= 0.3 is 0 Å². The van der Waals surface area contributed by atoms with Gasteiger partial charge in [0.15, 0.2) is 0 Å². The van der Waals surface area contributed by atoms with Crippen LogP contribution in [0.1, 0.15) is 13.8 Å². The standard InChI is InChI=1S/C24H26N4O3/c1-3-31-19-9-7-17(8-10-19)26-14-18(29)15-28-23-21(5-4-6-22(23)30)27-12-11-16(2)20(13-25)24(27)28/h4-11,18,26,29-30H,3,12,14-15H2,1-2H3. The van der Waals surface area contributed by atoms with Crippen LogP contribution in [-0.4, -0.2) is 42.6 Å². The summed E-state index contributed by atoms with van der Waals surface area (Å²) in [5.41, 5.74) is 3.77. The van der Waals surface area contributed by atoms with Crippen LogP contribution in [0.4, 0.5) is 17.1 Å². The largest absolute Gasteiger partial charge is 0.506 e. The lowest BCUT2D eigenvalue weighted by atomic mass is 10.1. The van der Waals surface area contributed by atoms with Crippen molar-refractivity contribution in [3.8, 4) is 17.6 Å². The van der Waals surface area contributed by atoms with Gasteiger partial charge in [-0.1, -0.05) is 12.1 Å². The highest BCUT2D eigenvalue weighted by Crippen LogP contribution is 2.49. The first-order valence-electron chi connectivity index (χ1n) is 10.4. The summed E-state index contributed by atoms with van der Waals surface area (Å²) in [4.78, 5) is 3.86. The van der Waals surface area contributed by atoms with E-state index in [1.807, 2.05) is 60.1 Å². The summed E-state index contributed by atoms with van der Waals surface area (Å²) < 4.78 is 5.45. The minimum Gasteiger partial charge on any atom is -0.506 e. The van der Waals surface area contributed by atoms with E-state index in [-0.39, 0.29) is 12.3 Å². The van der Waals surface area contributed by atoms with Gasteiger partial charge in [-0.25, -0.2) is 0 Å². The normalized spacial score (nSPS) is 15.7. The van der Waals surface area contributed by atoms with E-state index in [2.05, 4.69) is 11.4 Å². The van der Waals surface area contributed by atoms with E-state index in [0.29, 0.717) is 36.8 Å². The van der Waals surface area contributed by atoms with Crippen molar-refractivity contribution in [3.63, 3.8) is 0 Å². The van der Waals surface area contributed by atoms with Crippen molar-refractivity contribution >= 4 is 17.1 Å². The number of aliphatic hydroxyl groups excluding tert-OH is 1. The van der Waals surface area contributed by atoms with E-state index in [0.717, 1.165) is 22.7 Å². The zero-order chi connectivity index (χ0) is 22.0. The van der Waals surface area contributed by atoms with Gasteiger partial charge in [-0.3, -0.25) is 0 Å². The number of benzene rings is 2. The molecule has 4 rings (SSSR count). The van der Waals surface area contributed by atoms with Gasteiger partial charge in [-0.05, 0) is 55.8 Å². The average Bonchev–Trinajstić information content (AvgIpc) is 3.08. The van der Waals surface area contributed by atoms with Gasteiger partial charge in [0.2, 0.25) is 0 Å². The molecule has 2 aliphatic heterocycles. The second-order valence-corrected chi connectivity index (χ2v) is 7.56. The maximum Gasteiger partial charge on any atom is 0.141 e. The number of hydrogen-bond donors (Lipinski definition) is 3. The molecule has 7 heteroatoms. The van der Waals surface area contributed by atoms with Crippen LogP contribution in [-0.2, 0) is 0 Å². The lowest BCUT2D eigenvalue weighted by molar-refractivity contribution is 0.194. The monoisotopic (exact) mass is 418 g/mol. The molecule has 1 unspecified atom stereocenters. The number of β-amino-alcohol motifs (C(OH)–C–C–N with tert-alkyl or cyclic N) is 1. The predicted molar refractivity (Wildman–Crippen MR) is 121 cm³/mol. The third-order valence-corrected chi connectivity index (χ3v) is 5.48. The van der Waals surface area contributed by atoms with E-state index in [1.165, 1.54) is 0 Å². The highest BCUT2D eigenvalue weighted by atomic mass is 16.5. The number of anilines is 3. The Morgan fingerprint density at radius 2 is 2.00 bits per heavy atom. The van der Waals surface area contributed by atoms with E-state index in [4.69, 9.17) is 4.74 Å². The van der Waals surface area contributed by atoms with Crippen LogP contribution in [0.2, 0.25) is 0 Å². The molecule has 2 aromatic carbocycles. The molecule has 160 valence electrons. The van der Waals surface area contributed by atoms with Gasteiger partial charge in [0, 0.05) is 18.8 Å². The Balaban J connectivity index is 1.54. The first kappa shape index (κ1) is 20.6. The van der Waals surface area contributed by atoms with Crippen LogP contribution in [0.25, 0.3) is 0 Å². The van der Waals surface area contributed by atoms with Crippen LogP contribution >= 0.6 is 0 Å². The molecule has 2 aliphatic rings. The summed E-state index contributed by atoms with van der Waals surface area (Å²) in [6.45, 7) is 5.63. The molecule has 0 radical (unpaired) electrons. The van der Waals surface area contributed by atoms with Crippen LogP contribution in [0, 0.1) is 11.3 Å². The fourth-order valence-corrected chi connectivity index (χ4v) is 4.00. The molecular formula is C24H26N4O3. The summed E-state index contributed by atoms with van der Waals surface area (Å²) in [5, 5.41) is 34.4. The molecule has 2 heterocycles.